The van der Waals surface area contributed by atoms with Crippen molar-refractivity contribution in [2.75, 3.05) is 6.61 Å². The Morgan fingerprint density at radius 1 is 1.47 bits per heavy atom. The molecule has 3 heteroatoms. The van der Waals surface area contributed by atoms with Crippen LogP contribution in [0.3, 0.4) is 0 Å². The highest BCUT2D eigenvalue weighted by Crippen LogP contribution is 2.29. The van der Waals surface area contributed by atoms with Crippen LogP contribution >= 0.6 is 0 Å². The number of hydrogen-bond acceptors (Lipinski definition) is 2. The van der Waals surface area contributed by atoms with Gasteiger partial charge in [0.25, 0.3) is 0 Å². The van der Waals surface area contributed by atoms with Gasteiger partial charge in [-0.3, -0.25) is 0 Å². The van der Waals surface area contributed by atoms with Crippen molar-refractivity contribution in [3.8, 4) is 5.75 Å². The lowest BCUT2D eigenvalue weighted by atomic mass is 10.1. The second-order valence-electron chi connectivity index (χ2n) is 4.09. The van der Waals surface area contributed by atoms with Gasteiger partial charge in [-0.05, 0) is 49.4 Å². The van der Waals surface area contributed by atoms with Crippen molar-refractivity contribution in [3.63, 3.8) is 0 Å². The molecule has 0 atom stereocenters. The molecule has 1 fully saturated rings. The second kappa shape index (κ2) is 3.93. The van der Waals surface area contributed by atoms with Crippen LogP contribution in [0.4, 0.5) is 0 Å². The van der Waals surface area contributed by atoms with Crippen molar-refractivity contribution in [2.45, 2.75) is 19.8 Å². The summed E-state index contributed by atoms with van der Waals surface area (Å²) in [6, 6.07) is 5.10. The summed E-state index contributed by atoms with van der Waals surface area (Å²) in [5.41, 5.74) is 1.21. The Bertz CT molecular complexity index is 380. The maximum absolute atomic E-state index is 10.8. The van der Waals surface area contributed by atoms with E-state index in [0.717, 1.165) is 5.56 Å². The first-order valence-corrected chi connectivity index (χ1v) is 5.13. The van der Waals surface area contributed by atoms with E-state index in [4.69, 9.17) is 9.84 Å². The van der Waals surface area contributed by atoms with Crippen LogP contribution in [0.2, 0.25) is 0 Å². The van der Waals surface area contributed by atoms with Crippen molar-refractivity contribution in [1.82, 2.24) is 0 Å². The summed E-state index contributed by atoms with van der Waals surface area (Å²) in [7, 11) is 0. The summed E-state index contributed by atoms with van der Waals surface area (Å²) in [6.07, 6.45) is 2.47. The molecule has 0 aliphatic heterocycles. The Morgan fingerprint density at radius 2 is 2.20 bits per heavy atom. The minimum Gasteiger partial charge on any atom is -0.493 e. The molecule has 2 rings (SSSR count). The number of hydrogen-bond donors (Lipinski definition) is 1. The van der Waals surface area contributed by atoms with Gasteiger partial charge >= 0.3 is 5.97 Å². The molecule has 80 valence electrons. The summed E-state index contributed by atoms with van der Waals surface area (Å²) in [6.45, 7) is 2.58. The normalized spacial score (nSPS) is 15.0. The Morgan fingerprint density at radius 3 is 2.80 bits per heavy atom. The topological polar surface area (TPSA) is 46.5 Å². The minimum absolute atomic E-state index is 0.292. The van der Waals surface area contributed by atoms with Crippen LogP contribution in [0.25, 0.3) is 0 Å². The van der Waals surface area contributed by atoms with E-state index in [1.54, 1.807) is 12.1 Å². The van der Waals surface area contributed by atoms with Crippen molar-refractivity contribution >= 4 is 5.97 Å². The Labute approximate surface area is 88.7 Å². The zero-order valence-electron chi connectivity index (χ0n) is 8.69. The van der Waals surface area contributed by atoms with Gasteiger partial charge < -0.3 is 9.84 Å². The summed E-state index contributed by atoms with van der Waals surface area (Å²) in [5, 5.41) is 8.87. The van der Waals surface area contributed by atoms with Gasteiger partial charge in [0, 0.05) is 0 Å². The van der Waals surface area contributed by atoms with E-state index >= 15 is 0 Å². The van der Waals surface area contributed by atoms with Gasteiger partial charge in [-0.2, -0.15) is 0 Å². The van der Waals surface area contributed by atoms with Gasteiger partial charge in [-0.15, -0.1) is 0 Å². The summed E-state index contributed by atoms with van der Waals surface area (Å²) >= 11 is 0. The molecule has 1 aliphatic carbocycles. The van der Waals surface area contributed by atoms with Crippen molar-refractivity contribution in [3.05, 3.63) is 29.3 Å². The molecule has 15 heavy (non-hydrogen) atoms. The van der Waals surface area contributed by atoms with Crippen molar-refractivity contribution < 1.29 is 14.6 Å². The van der Waals surface area contributed by atoms with Crippen LogP contribution in [0.15, 0.2) is 18.2 Å². The van der Waals surface area contributed by atoms with Gasteiger partial charge in [-0.1, -0.05) is 0 Å². The largest absolute Gasteiger partial charge is 0.493 e. The molecule has 0 bridgehead atoms. The van der Waals surface area contributed by atoms with E-state index in [-0.39, 0.29) is 0 Å². The third-order valence-corrected chi connectivity index (χ3v) is 2.48. The molecular weight excluding hydrogens is 192 g/mol. The first kappa shape index (κ1) is 10.0. The first-order valence-electron chi connectivity index (χ1n) is 5.13. The van der Waals surface area contributed by atoms with Crippen LogP contribution in [0.5, 0.6) is 5.75 Å². The molecule has 1 aromatic rings. The molecule has 0 unspecified atom stereocenters. The SMILES string of the molecule is Cc1cc(OCC2CC2)cc(C(=O)O)c1. The molecular formula is C12H14O3. The van der Waals surface area contributed by atoms with E-state index in [1.165, 1.54) is 12.8 Å². The predicted molar refractivity (Wildman–Crippen MR) is 56.4 cm³/mol. The van der Waals surface area contributed by atoms with Gasteiger partial charge in [0.05, 0.1) is 12.2 Å². The molecule has 1 aliphatic rings. The van der Waals surface area contributed by atoms with E-state index in [0.29, 0.717) is 23.8 Å². The lowest BCUT2D eigenvalue weighted by Crippen LogP contribution is -2.02. The average Bonchev–Trinajstić information content (AvgIpc) is 2.97. The smallest absolute Gasteiger partial charge is 0.335 e. The van der Waals surface area contributed by atoms with Gasteiger partial charge in [0.1, 0.15) is 5.75 Å². The molecule has 3 nitrogen and oxygen atoms in total. The number of ether oxygens (including phenoxy) is 1. The zero-order valence-corrected chi connectivity index (χ0v) is 8.69. The highest BCUT2D eigenvalue weighted by Gasteiger charge is 2.22. The minimum atomic E-state index is -0.907. The summed E-state index contributed by atoms with van der Waals surface area (Å²) in [4.78, 5) is 10.8. The van der Waals surface area contributed by atoms with Crippen LogP contribution in [0, 0.1) is 12.8 Å². The molecule has 0 radical (unpaired) electrons. The van der Waals surface area contributed by atoms with E-state index in [1.807, 2.05) is 13.0 Å². The number of carboxylic acid groups (broad SMARTS) is 1. The number of rotatable bonds is 4. The monoisotopic (exact) mass is 206 g/mol. The highest BCUT2D eigenvalue weighted by atomic mass is 16.5. The van der Waals surface area contributed by atoms with Crippen LogP contribution in [-0.2, 0) is 0 Å². The quantitative estimate of drug-likeness (QED) is 0.823. The number of benzene rings is 1. The van der Waals surface area contributed by atoms with Crippen LogP contribution < -0.4 is 4.74 Å². The maximum Gasteiger partial charge on any atom is 0.335 e. The molecule has 0 heterocycles. The molecule has 0 saturated heterocycles. The second-order valence-corrected chi connectivity index (χ2v) is 4.09. The fraction of sp³-hybridized carbons (Fsp3) is 0.417. The highest BCUT2D eigenvalue weighted by molar-refractivity contribution is 5.88. The van der Waals surface area contributed by atoms with E-state index in [9.17, 15) is 4.79 Å². The molecule has 1 N–H and O–H groups in total. The number of carboxylic acids is 1. The van der Waals surface area contributed by atoms with Crippen molar-refractivity contribution in [2.24, 2.45) is 5.92 Å². The van der Waals surface area contributed by atoms with E-state index < -0.39 is 5.97 Å². The molecule has 0 aromatic heterocycles. The predicted octanol–water partition coefficient (Wildman–Crippen LogP) is 2.48. The third-order valence-electron chi connectivity index (χ3n) is 2.48. The summed E-state index contributed by atoms with van der Waals surface area (Å²) < 4.78 is 5.54. The maximum atomic E-state index is 10.8. The Balaban J connectivity index is 2.10. The standard InChI is InChI=1S/C12H14O3/c1-8-4-10(12(13)14)6-11(5-8)15-7-9-2-3-9/h4-6,9H,2-3,7H2,1H3,(H,13,14). The number of aryl methyl sites for hydroxylation is 1. The van der Waals surface area contributed by atoms with Crippen LogP contribution in [0.1, 0.15) is 28.8 Å². The first-order chi connectivity index (χ1) is 7.15. The van der Waals surface area contributed by atoms with Crippen molar-refractivity contribution in [1.29, 1.82) is 0 Å². The molecule has 1 saturated carbocycles. The molecule has 0 spiro atoms. The van der Waals surface area contributed by atoms with Gasteiger partial charge in [-0.25, -0.2) is 4.79 Å². The Kier molecular flexibility index (Phi) is 2.62. The number of carbonyl (C=O) groups is 1. The summed E-state index contributed by atoms with van der Waals surface area (Å²) in [5.74, 6) is 0.438. The third kappa shape index (κ3) is 2.72. The van der Waals surface area contributed by atoms with Crippen LogP contribution in [-0.4, -0.2) is 17.7 Å². The van der Waals surface area contributed by atoms with Gasteiger partial charge in [0.2, 0.25) is 0 Å². The lowest BCUT2D eigenvalue weighted by molar-refractivity contribution is 0.0696. The average molecular weight is 206 g/mol. The zero-order chi connectivity index (χ0) is 10.8. The number of aromatic carboxylic acids is 1. The molecule has 0 amide bonds. The Hall–Kier alpha value is -1.51. The van der Waals surface area contributed by atoms with Gasteiger partial charge in [0.15, 0.2) is 0 Å². The lowest BCUT2D eigenvalue weighted by Gasteiger charge is -2.07. The fourth-order valence-electron chi connectivity index (χ4n) is 1.45. The van der Waals surface area contributed by atoms with E-state index in [2.05, 4.69) is 0 Å². The fourth-order valence-corrected chi connectivity index (χ4v) is 1.45. The molecule has 1 aromatic carbocycles.